The molecule has 0 radical (unpaired) electrons. The quantitative estimate of drug-likeness (QED) is 0.562. The Morgan fingerprint density at radius 3 is 2.09 bits per heavy atom. The molecule has 2 nitrogen and oxygen atoms in total. The summed E-state index contributed by atoms with van der Waals surface area (Å²) in [6.45, 7) is 0.864. The van der Waals surface area contributed by atoms with Crippen LogP contribution in [-0.4, -0.2) is 9.67 Å². The predicted octanol–water partition coefficient (Wildman–Crippen LogP) is 5.06. The number of phenolic OH excluding ortho intramolecular Hbond substituents is 1. The molecule has 1 aromatic heterocycles. The molecule has 0 spiro atoms. The fourth-order valence-electron chi connectivity index (χ4n) is 2.93. The maximum Gasteiger partial charge on any atom is 0.115 e. The summed E-state index contributed by atoms with van der Waals surface area (Å²) in [6.07, 6.45) is 2.14. The molecule has 1 heterocycles. The summed E-state index contributed by atoms with van der Waals surface area (Å²) in [7, 11) is 0. The lowest BCUT2D eigenvalue weighted by molar-refractivity contribution is 0.475. The van der Waals surface area contributed by atoms with Gasteiger partial charge in [-0.05, 0) is 46.3 Å². The largest absolute Gasteiger partial charge is 0.508 e. The number of aromatic nitrogens is 1. The molecule has 0 unspecified atom stereocenters. The van der Waals surface area contributed by atoms with Crippen molar-refractivity contribution in [2.75, 3.05) is 0 Å². The van der Waals surface area contributed by atoms with Crippen molar-refractivity contribution >= 4 is 10.9 Å². The molecule has 0 atom stereocenters. The average molecular weight is 299 g/mol. The Kier molecular flexibility index (Phi) is 3.35. The van der Waals surface area contributed by atoms with E-state index in [1.165, 1.54) is 16.5 Å². The third-order valence-corrected chi connectivity index (χ3v) is 4.19. The van der Waals surface area contributed by atoms with Crippen molar-refractivity contribution < 1.29 is 5.11 Å². The maximum absolute atomic E-state index is 9.38. The number of hydrogen-bond donors (Lipinski definition) is 1. The van der Waals surface area contributed by atoms with Crippen LogP contribution in [0.4, 0.5) is 0 Å². The Morgan fingerprint density at radius 2 is 1.35 bits per heavy atom. The summed E-state index contributed by atoms with van der Waals surface area (Å²) < 4.78 is 2.27. The Hall–Kier alpha value is -3.00. The zero-order valence-electron chi connectivity index (χ0n) is 12.7. The van der Waals surface area contributed by atoms with Gasteiger partial charge in [0.2, 0.25) is 0 Å². The zero-order valence-corrected chi connectivity index (χ0v) is 12.7. The van der Waals surface area contributed by atoms with Gasteiger partial charge in [0.05, 0.1) is 0 Å². The number of phenols is 1. The molecule has 0 amide bonds. The van der Waals surface area contributed by atoms with E-state index >= 15 is 0 Å². The van der Waals surface area contributed by atoms with Gasteiger partial charge in [-0.25, -0.2) is 0 Å². The predicted molar refractivity (Wildman–Crippen MR) is 94.6 cm³/mol. The number of rotatable bonds is 3. The van der Waals surface area contributed by atoms with E-state index < -0.39 is 0 Å². The number of aromatic hydroxyl groups is 1. The molecule has 3 aromatic carbocycles. The van der Waals surface area contributed by atoms with E-state index in [0.717, 1.165) is 17.7 Å². The monoisotopic (exact) mass is 299 g/mol. The van der Waals surface area contributed by atoms with E-state index in [4.69, 9.17) is 0 Å². The Labute approximate surface area is 135 Å². The van der Waals surface area contributed by atoms with Gasteiger partial charge < -0.3 is 9.67 Å². The lowest BCUT2D eigenvalue weighted by Gasteiger charge is -2.07. The minimum absolute atomic E-state index is 0.296. The molecule has 0 aliphatic heterocycles. The number of hydrogen-bond acceptors (Lipinski definition) is 1. The highest BCUT2D eigenvalue weighted by molar-refractivity contribution is 5.80. The van der Waals surface area contributed by atoms with Gasteiger partial charge >= 0.3 is 0 Å². The van der Waals surface area contributed by atoms with Crippen LogP contribution in [0.25, 0.3) is 22.0 Å². The number of nitrogens with zero attached hydrogens (tertiary/aromatic N) is 1. The standard InChI is InChI=1S/C21H17NO/c23-20-11-9-18(10-12-20)17-7-5-16(6-8-17)15-22-14-13-19-3-1-2-4-21(19)22/h1-14,23H,15H2. The molecule has 0 bridgehead atoms. The number of fused-ring (bicyclic) bond motifs is 1. The van der Waals surface area contributed by atoms with Gasteiger partial charge in [0.1, 0.15) is 5.75 Å². The van der Waals surface area contributed by atoms with E-state index in [0.29, 0.717) is 5.75 Å². The zero-order chi connectivity index (χ0) is 15.6. The van der Waals surface area contributed by atoms with Crippen molar-refractivity contribution in [1.82, 2.24) is 4.57 Å². The molecule has 2 heteroatoms. The van der Waals surface area contributed by atoms with E-state index in [9.17, 15) is 5.11 Å². The number of benzene rings is 3. The fourth-order valence-corrected chi connectivity index (χ4v) is 2.93. The van der Waals surface area contributed by atoms with Crippen molar-refractivity contribution in [3.05, 3.63) is 90.6 Å². The molecule has 0 saturated heterocycles. The van der Waals surface area contributed by atoms with Gasteiger partial charge in [0.15, 0.2) is 0 Å². The molecule has 0 aliphatic rings. The highest BCUT2D eigenvalue weighted by Crippen LogP contribution is 2.23. The Morgan fingerprint density at radius 1 is 0.696 bits per heavy atom. The maximum atomic E-state index is 9.38. The van der Waals surface area contributed by atoms with Gasteiger partial charge in [0.25, 0.3) is 0 Å². The second-order valence-electron chi connectivity index (χ2n) is 5.75. The smallest absolute Gasteiger partial charge is 0.115 e. The minimum atomic E-state index is 0.296. The molecule has 0 fully saturated rings. The highest BCUT2D eigenvalue weighted by atomic mass is 16.3. The van der Waals surface area contributed by atoms with E-state index in [-0.39, 0.29) is 0 Å². The molecule has 4 aromatic rings. The first-order valence-electron chi connectivity index (χ1n) is 7.72. The Bertz CT molecular complexity index is 934. The normalized spacial score (nSPS) is 11.0. The first kappa shape index (κ1) is 13.6. The minimum Gasteiger partial charge on any atom is -0.508 e. The van der Waals surface area contributed by atoms with Crippen molar-refractivity contribution in [1.29, 1.82) is 0 Å². The first-order valence-corrected chi connectivity index (χ1v) is 7.72. The first-order chi connectivity index (χ1) is 11.3. The van der Waals surface area contributed by atoms with Gasteiger partial charge in [-0.15, -0.1) is 0 Å². The lowest BCUT2D eigenvalue weighted by atomic mass is 10.0. The second-order valence-corrected chi connectivity index (χ2v) is 5.75. The van der Waals surface area contributed by atoms with Crippen molar-refractivity contribution in [3.63, 3.8) is 0 Å². The van der Waals surface area contributed by atoms with E-state index in [2.05, 4.69) is 65.4 Å². The lowest BCUT2D eigenvalue weighted by Crippen LogP contribution is -1.97. The molecule has 0 saturated carbocycles. The van der Waals surface area contributed by atoms with E-state index in [1.54, 1.807) is 12.1 Å². The van der Waals surface area contributed by atoms with Gasteiger partial charge in [-0.2, -0.15) is 0 Å². The summed E-state index contributed by atoms with van der Waals surface area (Å²) in [5.41, 5.74) is 4.80. The molecule has 4 rings (SSSR count). The SMILES string of the molecule is Oc1ccc(-c2ccc(Cn3ccc4ccccc43)cc2)cc1. The van der Waals surface area contributed by atoms with Gasteiger partial charge in [-0.1, -0.05) is 54.6 Å². The summed E-state index contributed by atoms with van der Waals surface area (Å²) in [4.78, 5) is 0. The van der Waals surface area contributed by atoms with Crippen LogP contribution in [0.2, 0.25) is 0 Å². The molecular weight excluding hydrogens is 282 g/mol. The molecular formula is C21H17NO. The fraction of sp³-hybridized carbons (Fsp3) is 0.0476. The molecule has 0 aliphatic carbocycles. The van der Waals surface area contributed by atoms with Crippen molar-refractivity contribution in [2.24, 2.45) is 0 Å². The van der Waals surface area contributed by atoms with Crippen LogP contribution in [-0.2, 0) is 6.54 Å². The van der Waals surface area contributed by atoms with Crippen LogP contribution in [0.15, 0.2) is 85.1 Å². The molecule has 23 heavy (non-hydrogen) atoms. The summed E-state index contributed by atoms with van der Waals surface area (Å²) in [5, 5.41) is 10.6. The van der Waals surface area contributed by atoms with Crippen LogP contribution in [0, 0.1) is 0 Å². The summed E-state index contributed by atoms with van der Waals surface area (Å²) in [5.74, 6) is 0.296. The van der Waals surface area contributed by atoms with Crippen molar-refractivity contribution in [2.45, 2.75) is 6.54 Å². The third-order valence-electron chi connectivity index (χ3n) is 4.19. The van der Waals surface area contributed by atoms with Gasteiger partial charge in [-0.3, -0.25) is 0 Å². The van der Waals surface area contributed by atoms with Crippen molar-refractivity contribution in [3.8, 4) is 16.9 Å². The highest BCUT2D eigenvalue weighted by Gasteiger charge is 2.02. The van der Waals surface area contributed by atoms with Crippen LogP contribution >= 0.6 is 0 Å². The topological polar surface area (TPSA) is 25.2 Å². The Balaban J connectivity index is 1.60. The average Bonchev–Trinajstić information content (AvgIpc) is 3.00. The number of para-hydroxylation sites is 1. The molecule has 112 valence electrons. The second kappa shape index (κ2) is 5.65. The summed E-state index contributed by atoms with van der Waals surface area (Å²) in [6, 6.07) is 26.5. The van der Waals surface area contributed by atoms with Crippen LogP contribution < -0.4 is 0 Å². The van der Waals surface area contributed by atoms with E-state index in [1.807, 2.05) is 12.1 Å². The van der Waals surface area contributed by atoms with Crippen LogP contribution in [0.5, 0.6) is 5.75 Å². The van der Waals surface area contributed by atoms with Gasteiger partial charge in [0, 0.05) is 18.3 Å². The summed E-state index contributed by atoms with van der Waals surface area (Å²) >= 11 is 0. The van der Waals surface area contributed by atoms with Crippen LogP contribution in [0.3, 0.4) is 0 Å². The third kappa shape index (κ3) is 2.71. The van der Waals surface area contributed by atoms with Crippen LogP contribution in [0.1, 0.15) is 5.56 Å². The molecule has 1 N–H and O–H groups in total.